The SMILES string of the molecule is C[C@H]1COc2c(N3CC[C@@H](C4(NC(=O)OC(C)(C)C)CC4)C3)c(F)c(Cl)c3cc(C(=O)O)c(=O)n1c23. The first-order valence-electron chi connectivity index (χ1n) is 12.1. The number of halogens is 2. The van der Waals surface area contributed by atoms with Crippen molar-refractivity contribution in [3.8, 4) is 5.75 Å². The molecule has 2 fully saturated rings. The molecule has 2 aromatic rings. The van der Waals surface area contributed by atoms with Crippen LogP contribution in [0.5, 0.6) is 5.75 Å². The molecule has 0 spiro atoms. The van der Waals surface area contributed by atoms with Crippen LogP contribution in [0.2, 0.25) is 5.02 Å². The molecule has 1 saturated carbocycles. The number of alkyl carbamates (subject to hydrolysis) is 1. The number of pyridine rings is 1. The van der Waals surface area contributed by atoms with Gasteiger partial charge in [-0.2, -0.15) is 0 Å². The minimum absolute atomic E-state index is 0.0604. The van der Waals surface area contributed by atoms with Crippen LogP contribution in [0.25, 0.3) is 10.9 Å². The molecule has 5 rings (SSSR count). The first kappa shape index (κ1) is 24.7. The highest BCUT2D eigenvalue weighted by atomic mass is 35.5. The lowest BCUT2D eigenvalue weighted by molar-refractivity contribution is 0.0477. The zero-order valence-electron chi connectivity index (χ0n) is 20.6. The number of benzene rings is 1. The summed E-state index contributed by atoms with van der Waals surface area (Å²) in [5.74, 6) is -1.88. The number of hydrogen-bond donors (Lipinski definition) is 2. The zero-order valence-corrected chi connectivity index (χ0v) is 21.4. The van der Waals surface area contributed by atoms with Crippen LogP contribution in [-0.4, -0.2) is 52.6 Å². The number of carbonyl (C=O) groups is 2. The van der Waals surface area contributed by atoms with E-state index in [1.165, 1.54) is 4.57 Å². The fourth-order valence-electron chi connectivity index (χ4n) is 5.43. The molecule has 1 aromatic heterocycles. The molecule has 1 aliphatic carbocycles. The third-order valence-electron chi connectivity index (χ3n) is 7.27. The molecule has 3 aliphatic rings. The van der Waals surface area contributed by atoms with Crippen LogP contribution in [0.15, 0.2) is 10.9 Å². The van der Waals surface area contributed by atoms with Gasteiger partial charge in [0.2, 0.25) is 0 Å². The summed E-state index contributed by atoms with van der Waals surface area (Å²) < 4.78 is 28.5. The Bertz CT molecular complexity index is 1350. The number of hydrogen-bond acceptors (Lipinski definition) is 6. The first-order valence-corrected chi connectivity index (χ1v) is 12.4. The van der Waals surface area contributed by atoms with Gasteiger partial charge in [0.1, 0.15) is 23.5 Å². The summed E-state index contributed by atoms with van der Waals surface area (Å²) in [4.78, 5) is 38.9. The summed E-state index contributed by atoms with van der Waals surface area (Å²) in [5, 5.41) is 12.4. The molecular formula is C25H29ClFN3O6. The fraction of sp³-hybridized carbons (Fsp3) is 0.560. The maximum Gasteiger partial charge on any atom is 0.408 e. The van der Waals surface area contributed by atoms with E-state index >= 15 is 4.39 Å². The number of carbonyl (C=O) groups excluding carboxylic acids is 1. The molecule has 0 bridgehead atoms. The second kappa shape index (κ2) is 8.26. The second-order valence-corrected chi connectivity index (χ2v) is 11.4. The average molecular weight is 522 g/mol. The van der Waals surface area contributed by atoms with Crippen molar-refractivity contribution < 1.29 is 28.6 Å². The standard InChI is InChI=1S/C25H29ClFN3O6/c1-12-11-35-20-18-14(9-15(22(32)33)21(31)30(12)18)16(26)17(27)19(20)29-8-5-13(10-29)25(6-7-25)28-23(34)36-24(2,3)4/h9,12-13H,5-8,10-11H2,1-4H3,(H,28,34)(H,32,33)/t12-,13+/m0/s1. The molecule has 2 atom stereocenters. The van der Waals surface area contributed by atoms with Gasteiger partial charge >= 0.3 is 12.1 Å². The number of ether oxygens (including phenoxy) is 2. The number of anilines is 1. The predicted molar refractivity (Wildman–Crippen MR) is 132 cm³/mol. The summed E-state index contributed by atoms with van der Waals surface area (Å²) in [6.45, 7) is 8.20. The molecular weight excluding hydrogens is 493 g/mol. The first-order chi connectivity index (χ1) is 16.8. The van der Waals surface area contributed by atoms with E-state index in [4.69, 9.17) is 21.1 Å². The number of aromatic carboxylic acids is 1. The Hall–Kier alpha value is -3.01. The van der Waals surface area contributed by atoms with Gasteiger partial charge in [0.05, 0.1) is 16.6 Å². The van der Waals surface area contributed by atoms with Crippen LogP contribution < -0.4 is 20.5 Å². The van der Waals surface area contributed by atoms with Gasteiger partial charge in [0, 0.05) is 29.9 Å². The van der Waals surface area contributed by atoms with Crippen LogP contribution in [0, 0.1) is 11.7 Å². The monoisotopic (exact) mass is 521 g/mol. The van der Waals surface area contributed by atoms with E-state index < -0.39 is 46.2 Å². The maximum absolute atomic E-state index is 15.8. The molecule has 1 aromatic carbocycles. The van der Waals surface area contributed by atoms with Crippen molar-refractivity contribution in [2.75, 3.05) is 24.6 Å². The molecule has 1 amide bonds. The summed E-state index contributed by atoms with van der Waals surface area (Å²) in [6.07, 6.45) is 1.86. The van der Waals surface area contributed by atoms with Gasteiger partial charge in [-0.3, -0.25) is 9.36 Å². The van der Waals surface area contributed by atoms with E-state index in [1.54, 1.807) is 27.7 Å². The second-order valence-electron chi connectivity index (χ2n) is 11.0. The van der Waals surface area contributed by atoms with Crippen molar-refractivity contribution in [2.45, 2.75) is 64.1 Å². The molecule has 194 valence electrons. The summed E-state index contributed by atoms with van der Waals surface area (Å²) in [7, 11) is 0. The zero-order chi connectivity index (χ0) is 26.2. The molecule has 0 unspecified atom stereocenters. The van der Waals surface area contributed by atoms with Crippen molar-refractivity contribution in [3.05, 3.63) is 32.8 Å². The van der Waals surface area contributed by atoms with E-state index in [9.17, 15) is 19.5 Å². The molecule has 9 nitrogen and oxygen atoms in total. The lowest BCUT2D eigenvalue weighted by Gasteiger charge is -2.32. The van der Waals surface area contributed by atoms with E-state index in [-0.39, 0.29) is 34.4 Å². The summed E-state index contributed by atoms with van der Waals surface area (Å²) in [5.41, 5.74) is -1.72. The largest absolute Gasteiger partial charge is 0.487 e. The van der Waals surface area contributed by atoms with Gasteiger partial charge in [-0.25, -0.2) is 14.0 Å². The van der Waals surface area contributed by atoms with Gasteiger partial charge < -0.3 is 24.8 Å². The van der Waals surface area contributed by atoms with Crippen LogP contribution in [-0.2, 0) is 4.74 Å². The number of nitrogens with one attached hydrogen (secondary N) is 1. The predicted octanol–water partition coefficient (Wildman–Crippen LogP) is 4.33. The van der Waals surface area contributed by atoms with Gasteiger partial charge in [-0.1, -0.05) is 11.6 Å². The molecule has 36 heavy (non-hydrogen) atoms. The van der Waals surface area contributed by atoms with Crippen LogP contribution in [0.3, 0.4) is 0 Å². The highest BCUT2D eigenvalue weighted by molar-refractivity contribution is 6.36. The Morgan fingerprint density at radius 3 is 2.64 bits per heavy atom. The van der Waals surface area contributed by atoms with Crippen molar-refractivity contribution in [3.63, 3.8) is 0 Å². The number of rotatable bonds is 4. The van der Waals surface area contributed by atoms with Crippen molar-refractivity contribution in [2.24, 2.45) is 5.92 Å². The smallest absolute Gasteiger partial charge is 0.408 e. The number of amides is 1. The van der Waals surface area contributed by atoms with Crippen LogP contribution in [0.1, 0.15) is 63.4 Å². The van der Waals surface area contributed by atoms with Crippen molar-refractivity contribution in [1.29, 1.82) is 0 Å². The maximum atomic E-state index is 15.8. The van der Waals surface area contributed by atoms with Crippen LogP contribution in [0.4, 0.5) is 14.9 Å². The van der Waals surface area contributed by atoms with E-state index in [1.807, 2.05) is 4.90 Å². The lowest BCUT2D eigenvalue weighted by atomic mass is 9.96. The third kappa shape index (κ3) is 3.95. The minimum atomic E-state index is -1.40. The number of carboxylic acids is 1. The quantitative estimate of drug-likeness (QED) is 0.616. The lowest BCUT2D eigenvalue weighted by Crippen LogP contribution is -2.45. The third-order valence-corrected chi connectivity index (χ3v) is 7.64. The normalized spacial score (nSPS) is 22.3. The van der Waals surface area contributed by atoms with Gasteiger partial charge in [0.15, 0.2) is 11.6 Å². The molecule has 11 heteroatoms. The van der Waals surface area contributed by atoms with Crippen LogP contribution >= 0.6 is 11.6 Å². The van der Waals surface area contributed by atoms with E-state index in [0.717, 1.165) is 18.9 Å². The highest BCUT2D eigenvalue weighted by Gasteiger charge is 2.53. The van der Waals surface area contributed by atoms with E-state index in [0.29, 0.717) is 25.0 Å². The highest BCUT2D eigenvalue weighted by Crippen LogP contribution is 2.51. The Labute approximate surface area is 212 Å². The average Bonchev–Trinajstić information content (AvgIpc) is 3.37. The summed E-state index contributed by atoms with van der Waals surface area (Å²) in [6, 6.07) is 0.660. The Morgan fingerprint density at radius 1 is 1.33 bits per heavy atom. The van der Waals surface area contributed by atoms with Gasteiger partial charge in [0.25, 0.3) is 5.56 Å². The number of aromatic nitrogens is 1. The Morgan fingerprint density at radius 2 is 2.03 bits per heavy atom. The Balaban J connectivity index is 1.53. The Kier molecular flexibility index (Phi) is 5.66. The molecule has 0 radical (unpaired) electrons. The molecule has 2 aliphatic heterocycles. The van der Waals surface area contributed by atoms with E-state index in [2.05, 4.69) is 5.32 Å². The topological polar surface area (TPSA) is 110 Å². The summed E-state index contributed by atoms with van der Waals surface area (Å²) >= 11 is 6.44. The van der Waals surface area contributed by atoms with Crippen molar-refractivity contribution >= 4 is 40.3 Å². The van der Waals surface area contributed by atoms with Crippen molar-refractivity contribution in [1.82, 2.24) is 9.88 Å². The fourth-order valence-corrected chi connectivity index (χ4v) is 5.66. The van der Waals surface area contributed by atoms with Gasteiger partial charge in [-0.05, 0) is 53.0 Å². The van der Waals surface area contributed by atoms with Gasteiger partial charge in [-0.15, -0.1) is 0 Å². The molecule has 2 N–H and O–H groups in total. The number of nitrogens with zero attached hydrogens (tertiary/aromatic N) is 2. The number of carboxylic acid groups (broad SMARTS) is 1. The molecule has 3 heterocycles. The molecule has 1 saturated heterocycles. The minimum Gasteiger partial charge on any atom is -0.487 e.